The summed E-state index contributed by atoms with van der Waals surface area (Å²) in [7, 11) is 0. The highest BCUT2D eigenvalue weighted by Crippen LogP contribution is 2.24. The van der Waals surface area contributed by atoms with Crippen molar-refractivity contribution in [3.63, 3.8) is 0 Å². The van der Waals surface area contributed by atoms with Crippen LogP contribution in [0.2, 0.25) is 0 Å². The molecule has 2 aromatic rings. The molecule has 6 heteroatoms. The maximum atomic E-state index is 13.3. The van der Waals surface area contributed by atoms with E-state index in [-0.39, 0.29) is 11.4 Å². The van der Waals surface area contributed by atoms with Crippen LogP contribution in [0.1, 0.15) is 11.3 Å². The number of aromatic nitrogens is 2. The number of hydrogen-bond acceptors (Lipinski definition) is 4. The number of nitrogens with two attached hydrogens (primary N) is 1. The van der Waals surface area contributed by atoms with Crippen LogP contribution in [0, 0.1) is 24.1 Å². The Balaban J connectivity index is 2.62. The van der Waals surface area contributed by atoms with Gasteiger partial charge in [-0.3, -0.25) is 0 Å². The van der Waals surface area contributed by atoms with Crippen molar-refractivity contribution in [3.8, 4) is 17.5 Å². The van der Waals surface area contributed by atoms with Crippen molar-refractivity contribution < 1.29 is 4.39 Å². The third-order valence-electron chi connectivity index (χ3n) is 2.35. The van der Waals surface area contributed by atoms with Gasteiger partial charge in [-0.05, 0) is 25.1 Å². The fraction of sp³-hybridized carbons (Fsp3) is 0.0833. The molecule has 4 nitrogen and oxygen atoms in total. The minimum Gasteiger partial charge on any atom is -0.382 e. The fourth-order valence-corrected chi connectivity index (χ4v) is 2.01. The van der Waals surface area contributed by atoms with Crippen LogP contribution in [0.25, 0.3) is 11.4 Å². The molecule has 0 atom stereocenters. The molecule has 0 saturated heterocycles. The van der Waals surface area contributed by atoms with E-state index in [0.717, 1.165) is 0 Å². The van der Waals surface area contributed by atoms with Gasteiger partial charge in [0.05, 0.1) is 5.69 Å². The van der Waals surface area contributed by atoms with Crippen molar-refractivity contribution in [3.05, 3.63) is 39.7 Å². The van der Waals surface area contributed by atoms with Gasteiger partial charge < -0.3 is 5.73 Å². The summed E-state index contributed by atoms with van der Waals surface area (Å²) in [6.07, 6.45) is 0. The Morgan fingerprint density at radius 3 is 2.61 bits per heavy atom. The number of hydrogen-bond donors (Lipinski definition) is 1. The van der Waals surface area contributed by atoms with E-state index in [2.05, 4.69) is 25.9 Å². The molecule has 0 saturated carbocycles. The zero-order valence-electron chi connectivity index (χ0n) is 9.41. The normalized spacial score (nSPS) is 10.1. The third kappa shape index (κ3) is 2.31. The lowest BCUT2D eigenvalue weighted by molar-refractivity contribution is 0.627. The Morgan fingerprint density at radius 1 is 1.33 bits per heavy atom. The summed E-state index contributed by atoms with van der Waals surface area (Å²) in [5.74, 6) is -0.00635. The summed E-state index contributed by atoms with van der Waals surface area (Å²) < 4.78 is 13.9. The SMILES string of the molecule is Cc1nc(-c2cc(F)cc(Br)c2)nc(N)c1C#N. The largest absolute Gasteiger partial charge is 0.382 e. The van der Waals surface area contributed by atoms with Crippen molar-refractivity contribution in [2.75, 3.05) is 5.73 Å². The van der Waals surface area contributed by atoms with Crippen LogP contribution >= 0.6 is 15.9 Å². The van der Waals surface area contributed by atoms with Gasteiger partial charge in [0.1, 0.15) is 23.3 Å². The molecule has 0 aliphatic rings. The molecule has 1 aromatic carbocycles. The van der Waals surface area contributed by atoms with E-state index in [9.17, 15) is 4.39 Å². The first-order valence-electron chi connectivity index (χ1n) is 5.02. The number of rotatable bonds is 1. The predicted octanol–water partition coefficient (Wildman–Crippen LogP) is 2.81. The Labute approximate surface area is 111 Å². The van der Waals surface area contributed by atoms with E-state index >= 15 is 0 Å². The Hall–Kier alpha value is -2.00. The van der Waals surface area contributed by atoms with Crippen LogP contribution in [0.3, 0.4) is 0 Å². The van der Waals surface area contributed by atoms with E-state index in [1.54, 1.807) is 13.0 Å². The van der Waals surface area contributed by atoms with Crippen molar-refractivity contribution in [2.45, 2.75) is 6.92 Å². The van der Waals surface area contributed by atoms with Crippen molar-refractivity contribution in [1.82, 2.24) is 9.97 Å². The maximum Gasteiger partial charge on any atom is 0.161 e. The van der Waals surface area contributed by atoms with Gasteiger partial charge in [-0.25, -0.2) is 14.4 Å². The number of aryl methyl sites for hydroxylation is 1. The van der Waals surface area contributed by atoms with Gasteiger partial charge in [-0.2, -0.15) is 5.26 Å². The number of benzene rings is 1. The highest BCUT2D eigenvalue weighted by molar-refractivity contribution is 9.10. The predicted molar refractivity (Wildman–Crippen MR) is 69.0 cm³/mol. The molecule has 1 aromatic heterocycles. The summed E-state index contributed by atoms with van der Waals surface area (Å²) in [5.41, 5.74) is 6.89. The topological polar surface area (TPSA) is 75.6 Å². The Bertz CT molecular complexity index is 620. The van der Waals surface area contributed by atoms with E-state index in [0.29, 0.717) is 21.6 Å². The number of nitrogens with zero attached hydrogens (tertiary/aromatic N) is 3. The first-order valence-corrected chi connectivity index (χ1v) is 5.81. The lowest BCUT2D eigenvalue weighted by Gasteiger charge is -2.06. The molecule has 18 heavy (non-hydrogen) atoms. The molecular weight excluding hydrogens is 299 g/mol. The van der Waals surface area contributed by atoms with Gasteiger partial charge in [0, 0.05) is 10.0 Å². The molecule has 90 valence electrons. The van der Waals surface area contributed by atoms with Crippen molar-refractivity contribution in [1.29, 1.82) is 5.26 Å². The first kappa shape index (κ1) is 12.5. The van der Waals surface area contributed by atoms with Crippen LogP contribution < -0.4 is 5.73 Å². The highest BCUT2D eigenvalue weighted by Gasteiger charge is 2.11. The van der Waals surface area contributed by atoms with Gasteiger partial charge in [-0.1, -0.05) is 15.9 Å². The van der Waals surface area contributed by atoms with Crippen LogP contribution in [0.15, 0.2) is 22.7 Å². The summed E-state index contributed by atoms with van der Waals surface area (Å²) >= 11 is 3.20. The number of nitriles is 1. The second-order valence-electron chi connectivity index (χ2n) is 3.66. The van der Waals surface area contributed by atoms with Gasteiger partial charge >= 0.3 is 0 Å². The molecule has 1 heterocycles. The molecule has 0 amide bonds. The first-order chi connectivity index (χ1) is 8.51. The second kappa shape index (κ2) is 4.70. The van der Waals surface area contributed by atoms with Gasteiger partial charge in [0.2, 0.25) is 0 Å². The van der Waals surface area contributed by atoms with Gasteiger partial charge in [0.15, 0.2) is 5.82 Å². The molecule has 0 bridgehead atoms. The standard InChI is InChI=1S/C12H8BrFN4/c1-6-10(5-15)11(16)18-12(17-6)7-2-8(13)4-9(14)3-7/h2-4H,1H3,(H2,16,17,18). The lowest BCUT2D eigenvalue weighted by atomic mass is 10.2. The Kier molecular flexibility index (Phi) is 3.26. The smallest absolute Gasteiger partial charge is 0.161 e. The van der Waals surface area contributed by atoms with Crippen LogP contribution in [0.4, 0.5) is 10.2 Å². The average Bonchev–Trinajstić information content (AvgIpc) is 2.27. The van der Waals surface area contributed by atoms with E-state index in [4.69, 9.17) is 11.0 Å². The number of anilines is 1. The second-order valence-corrected chi connectivity index (χ2v) is 4.58. The minimum atomic E-state index is -0.399. The molecule has 0 aliphatic heterocycles. The van der Waals surface area contributed by atoms with E-state index < -0.39 is 5.82 Å². The summed E-state index contributed by atoms with van der Waals surface area (Å²) in [4.78, 5) is 8.17. The molecule has 2 N–H and O–H groups in total. The van der Waals surface area contributed by atoms with Crippen LogP contribution in [-0.2, 0) is 0 Å². The average molecular weight is 307 g/mol. The molecular formula is C12H8BrFN4. The van der Waals surface area contributed by atoms with E-state index in [1.807, 2.05) is 6.07 Å². The molecule has 0 spiro atoms. The zero-order chi connectivity index (χ0) is 13.3. The summed E-state index contributed by atoms with van der Waals surface area (Å²) in [5, 5.41) is 8.87. The molecule has 0 unspecified atom stereocenters. The van der Waals surface area contributed by atoms with Crippen LogP contribution in [-0.4, -0.2) is 9.97 Å². The molecule has 0 radical (unpaired) electrons. The number of nitrogen functional groups attached to an aromatic ring is 1. The quantitative estimate of drug-likeness (QED) is 0.879. The molecule has 0 fully saturated rings. The zero-order valence-corrected chi connectivity index (χ0v) is 11.0. The third-order valence-corrected chi connectivity index (χ3v) is 2.81. The molecule has 2 rings (SSSR count). The monoisotopic (exact) mass is 306 g/mol. The van der Waals surface area contributed by atoms with Gasteiger partial charge in [0.25, 0.3) is 0 Å². The fourth-order valence-electron chi connectivity index (χ4n) is 1.55. The lowest BCUT2D eigenvalue weighted by Crippen LogP contribution is -2.03. The van der Waals surface area contributed by atoms with Crippen LogP contribution in [0.5, 0.6) is 0 Å². The maximum absolute atomic E-state index is 13.3. The summed E-state index contributed by atoms with van der Waals surface area (Å²) in [6, 6.07) is 6.26. The minimum absolute atomic E-state index is 0.0976. The number of halogens is 2. The van der Waals surface area contributed by atoms with Crippen molar-refractivity contribution in [2.24, 2.45) is 0 Å². The van der Waals surface area contributed by atoms with E-state index in [1.165, 1.54) is 12.1 Å². The van der Waals surface area contributed by atoms with Crippen molar-refractivity contribution >= 4 is 21.7 Å². The Morgan fingerprint density at radius 2 is 2.06 bits per heavy atom. The van der Waals surface area contributed by atoms with Gasteiger partial charge in [-0.15, -0.1) is 0 Å². The summed E-state index contributed by atoms with van der Waals surface area (Å²) in [6.45, 7) is 1.66. The molecule has 0 aliphatic carbocycles. The highest BCUT2D eigenvalue weighted by atomic mass is 79.9.